The van der Waals surface area contributed by atoms with Gasteiger partial charge in [0.1, 0.15) is 5.82 Å². The second-order valence-corrected chi connectivity index (χ2v) is 9.61. The third kappa shape index (κ3) is 6.57. The van der Waals surface area contributed by atoms with Crippen molar-refractivity contribution in [2.75, 3.05) is 6.54 Å². The first-order chi connectivity index (χ1) is 16.4. The van der Waals surface area contributed by atoms with Gasteiger partial charge in [0.2, 0.25) is 21.8 Å². The van der Waals surface area contributed by atoms with E-state index in [9.17, 15) is 30.8 Å². The molecule has 0 aliphatic heterocycles. The fourth-order valence-electron chi connectivity index (χ4n) is 3.03. The van der Waals surface area contributed by atoms with Crippen LogP contribution in [0.3, 0.4) is 0 Å². The fraction of sp³-hybridized carbons (Fsp3) is 0.273. The molecule has 3 aromatic rings. The highest BCUT2D eigenvalue weighted by atomic mass is 32.2. The molecule has 1 aromatic carbocycles. The molecule has 0 saturated carbocycles. The summed E-state index contributed by atoms with van der Waals surface area (Å²) in [4.78, 5) is 23.1. The summed E-state index contributed by atoms with van der Waals surface area (Å²) in [5, 5.41) is 2.61. The Balaban J connectivity index is 1.68. The van der Waals surface area contributed by atoms with Gasteiger partial charge in [0.25, 0.3) is 0 Å². The Morgan fingerprint density at radius 2 is 1.69 bits per heavy atom. The van der Waals surface area contributed by atoms with Gasteiger partial charge >= 0.3 is 6.18 Å². The van der Waals surface area contributed by atoms with Crippen LogP contribution in [0, 0.1) is 5.82 Å². The molecule has 0 fully saturated rings. The minimum atomic E-state index is -4.66. The highest BCUT2D eigenvalue weighted by Crippen LogP contribution is 2.26. The molecule has 8 nitrogen and oxygen atoms in total. The molecule has 0 radical (unpaired) electrons. The fourth-order valence-corrected chi connectivity index (χ4v) is 4.63. The van der Waals surface area contributed by atoms with Gasteiger partial charge in [-0.1, -0.05) is 0 Å². The van der Waals surface area contributed by atoms with E-state index in [0.717, 1.165) is 41.0 Å². The van der Waals surface area contributed by atoms with Crippen LogP contribution in [0.1, 0.15) is 25.2 Å². The van der Waals surface area contributed by atoms with Gasteiger partial charge in [-0.3, -0.25) is 9.78 Å². The van der Waals surface area contributed by atoms with Crippen LogP contribution >= 0.6 is 0 Å². The third-order valence-corrected chi connectivity index (χ3v) is 6.85. The zero-order valence-corrected chi connectivity index (χ0v) is 19.4. The summed E-state index contributed by atoms with van der Waals surface area (Å²) < 4.78 is 78.0. The normalized spacial score (nSPS) is 12.2. The number of halogens is 4. The van der Waals surface area contributed by atoms with Crippen molar-refractivity contribution in [1.29, 1.82) is 0 Å². The molecule has 2 heterocycles. The molecule has 0 aliphatic rings. The minimum absolute atomic E-state index is 0.0123. The molecule has 1 amide bonds. The largest absolute Gasteiger partial charge is 0.451 e. The number of nitrogens with one attached hydrogen (secondary N) is 1. The summed E-state index contributed by atoms with van der Waals surface area (Å²) in [7, 11) is -4.05. The summed E-state index contributed by atoms with van der Waals surface area (Å²) >= 11 is 0. The molecule has 0 unspecified atom stereocenters. The van der Waals surface area contributed by atoms with Crippen LogP contribution < -0.4 is 5.32 Å². The van der Waals surface area contributed by atoms with Crippen LogP contribution in [0.15, 0.2) is 59.9 Å². The van der Waals surface area contributed by atoms with Crippen molar-refractivity contribution in [1.82, 2.24) is 24.6 Å². The second-order valence-electron chi connectivity index (χ2n) is 7.72. The highest BCUT2D eigenvalue weighted by molar-refractivity contribution is 7.89. The van der Waals surface area contributed by atoms with Crippen molar-refractivity contribution in [2.24, 2.45) is 0 Å². The lowest BCUT2D eigenvalue weighted by Gasteiger charge is -2.25. The van der Waals surface area contributed by atoms with Gasteiger partial charge < -0.3 is 5.32 Å². The number of rotatable bonds is 8. The number of hydrogen-bond donors (Lipinski definition) is 1. The first-order valence-corrected chi connectivity index (χ1v) is 11.7. The van der Waals surface area contributed by atoms with Crippen molar-refractivity contribution >= 4 is 15.9 Å². The van der Waals surface area contributed by atoms with Crippen LogP contribution in [-0.4, -0.2) is 46.2 Å². The standard InChI is InChI=1S/C22H21F4N5O3S/c1-14(2)31(35(33,34)18-5-3-17(23)4-6-18)13-20(32)28-10-15-7-8-27-19(9-15)16-11-29-21(30-12-16)22(24,25)26/h3-9,11-12,14H,10,13H2,1-2H3,(H,28,32). The molecule has 186 valence electrons. The lowest BCUT2D eigenvalue weighted by atomic mass is 10.1. The Morgan fingerprint density at radius 1 is 1.06 bits per heavy atom. The van der Waals surface area contributed by atoms with Gasteiger partial charge in [0, 0.05) is 36.7 Å². The maximum Gasteiger partial charge on any atom is 0.451 e. The number of nitrogens with zero attached hydrogens (tertiary/aromatic N) is 4. The van der Waals surface area contributed by atoms with Crippen LogP contribution in [-0.2, 0) is 27.5 Å². The molecule has 0 saturated heterocycles. The van der Waals surface area contributed by atoms with E-state index in [1.54, 1.807) is 26.0 Å². The topological polar surface area (TPSA) is 105 Å². The second kappa shape index (κ2) is 10.4. The predicted molar refractivity (Wildman–Crippen MR) is 118 cm³/mol. The van der Waals surface area contributed by atoms with Crippen LogP contribution in [0.25, 0.3) is 11.3 Å². The SMILES string of the molecule is CC(C)N(CC(=O)NCc1ccnc(-c2cnc(C(F)(F)F)nc2)c1)S(=O)(=O)c1ccc(F)cc1. The summed E-state index contributed by atoms with van der Waals surface area (Å²) in [6, 6.07) is 6.87. The molecule has 35 heavy (non-hydrogen) atoms. The Kier molecular flexibility index (Phi) is 7.80. The van der Waals surface area contributed by atoms with E-state index in [-0.39, 0.29) is 17.0 Å². The molecule has 0 atom stereocenters. The molecule has 2 aromatic heterocycles. The number of hydrogen-bond acceptors (Lipinski definition) is 6. The summed E-state index contributed by atoms with van der Waals surface area (Å²) in [5.41, 5.74) is 1.12. The highest BCUT2D eigenvalue weighted by Gasteiger charge is 2.34. The van der Waals surface area contributed by atoms with Gasteiger partial charge in [0.15, 0.2) is 0 Å². The van der Waals surface area contributed by atoms with Gasteiger partial charge in [-0.05, 0) is 55.8 Å². The smallest absolute Gasteiger partial charge is 0.351 e. The molecule has 3 rings (SSSR count). The quantitative estimate of drug-likeness (QED) is 0.465. The van der Waals surface area contributed by atoms with E-state index in [4.69, 9.17) is 0 Å². The average molecular weight is 512 g/mol. The molecule has 0 bridgehead atoms. The maximum atomic E-state index is 13.2. The zero-order valence-electron chi connectivity index (χ0n) is 18.6. The number of aromatic nitrogens is 3. The molecule has 1 N–H and O–H groups in total. The van der Waals surface area contributed by atoms with Crippen molar-refractivity contribution in [3.8, 4) is 11.3 Å². The van der Waals surface area contributed by atoms with E-state index in [2.05, 4.69) is 20.3 Å². The summed E-state index contributed by atoms with van der Waals surface area (Å²) in [6.07, 6.45) is -1.25. The van der Waals surface area contributed by atoms with Crippen molar-refractivity contribution in [3.05, 3.63) is 72.2 Å². The van der Waals surface area contributed by atoms with Crippen molar-refractivity contribution in [3.63, 3.8) is 0 Å². The predicted octanol–water partition coefficient (Wildman–Crippen LogP) is 3.41. The van der Waals surface area contributed by atoms with Crippen molar-refractivity contribution < 1.29 is 30.8 Å². The number of carbonyl (C=O) groups excluding carboxylic acids is 1. The molecule has 0 spiro atoms. The van der Waals surface area contributed by atoms with Gasteiger partial charge in [-0.15, -0.1) is 0 Å². The van der Waals surface area contributed by atoms with E-state index in [0.29, 0.717) is 11.3 Å². The van der Waals surface area contributed by atoms with Gasteiger partial charge in [0.05, 0.1) is 17.1 Å². The molecular weight excluding hydrogens is 490 g/mol. The Bertz CT molecular complexity index is 1280. The minimum Gasteiger partial charge on any atom is -0.351 e. The number of benzene rings is 1. The lowest BCUT2D eigenvalue weighted by molar-refractivity contribution is -0.145. The molecular formula is C22H21F4N5O3S. The first kappa shape index (κ1) is 26.2. The third-order valence-electron chi connectivity index (χ3n) is 4.81. The van der Waals surface area contributed by atoms with E-state index >= 15 is 0 Å². The first-order valence-electron chi connectivity index (χ1n) is 10.3. The average Bonchev–Trinajstić information content (AvgIpc) is 2.81. The van der Waals surface area contributed by atoms with Crippen molar-refractivity contribution in [2.45, 2.75) is 37.5 Å². The molecule has 13 heteroatoms. The number of carbonyl (C=O) groups is 1. The molecule has 0 aliphatic carbocycles. The summed E-state index contributed by atoms with van der Waals surface area (Å²) in [5.74, 6) is -2.44. The number of pyridine rings is 1. The van der Waals surface area contributed by atoms with E-state index in [1.165, 1.54) is 6.20 Å². The Morgan fingerprint density at radius 3 is 2.26 bits per heavy atom. The summed E-state index contributed by atoms with van der Waals surface area (Å²) in [6.45, 7) is 2.76. The van der Waals surface area contributed by atoms with Crippen LogP contribution in [0.2, 0.25) is 0 Å². The zero-order chi connectivity index (χ0) is 25.8. The van der Waals surface area contributed by atoms with Crippen LogP contribution in [0.5, 0.6) is 0 Å². The van der Waals surface area contributed by atoms with Crippen LogP contribution in [0.4, 0.5) is 17.6 Å². The Hall–Kier alpha value is -3.45. The monoisotopic (exact) mass is 511 g/mol. The number of amides is 1. The lowest BCUT2D eigenvalue weighted by Crippen LogP contribution is -2.44. The van der Waals surface area contributed by atoms with Gasteiger partial charge in [-0.25, -0.2) is 22.8 Å². The van der Waals surface area contributed by atoms with E-state index < -0.39 is 46.3 Å². The maximum absolute atomic E-state index is 13.2. The van der Waals surface area contributed by atoms with E-state index in [1.807, 2.05) is 0 Å². The Labute approximate surface area is 199 Å². The number of alkyl halides is 3. The number of sulfonamides is 1. The van der Waals surface area contributed by atoms with Gasteiger partial charge in [-0.2, -0.15) is 17.5 Å².